The number of carbonyl (C=O) groups excluding carboxylic acids is 2. The Kier molecular flexibility index (Phi) is 6.19. The molecule has 0 unspecified atom stereocenters. The number of rotatable bonds is 4. The molecule has 25 heavy (non-hydrogen) atoms. The Morgan fingerprint density at radius 3 is 2.52 bits per heavy atom. The summed E-state index contributed by atoms with van der Waals surface area (Å²) >= 11 is 5.17. The van der Waals surface area contributed by atoms with Crippen LogP contribution in [0, 0.1) is 13.8 Å². The summed E-state index contributed by atoms with van der Waals surface area (Å²) < 4.78 is 5.07. The summed E-state index contributed by atoms with van der Waals surface area (Å²) in [6.45, 7) is 5.57. The van der Waals surface area contributed by atoms with Crippen LogP contribution in [0.15, 0.2) is 36.4 Å². The molecule has 1 heterocycles. The van der Waals surface area contributed by atoms with Crippen LogP contribution in [0.5, 0.6) is 0 Å². The second kappa shape index (κ2) is 8.34. The monoisotopic (exact) mass is 357 g/mol. The van der Waals surface area contributed by atoms with E-state index in [4.69, 9.17) is 17.0 Å². The number of ether oxygens (including phenoxy) is 1. The summed E-state index contributed by atoms with van der Waals surface area (Å²) in [6.07, 6.45) is 0. The number of hydrogen-bond donors (Lipinski definition) is 2. The highest BCUT2D eigenvalue weighted by Crippen LogP contribution is 2.20. The van der Waals surface area contributed by atoms with Gasteiger partial charge in [0, 0.05) is 11.3 Å². The third kappa shape index (κ3) is 4.84. The Balaban J connectivity index is 2.20. The average molecular weight is 357 g/mol. The zero-order chi connectivity index (χ0) is 18.4. The van der Waals surface area contributed by atoms with E-state index in [0.717, 1.165) is 0 Å². The van der Waals surface area contributed by atoms with Gasteiger partial charge in [-0.05, 0) is 56.8 Å². The fourth-order valence-electron chi connectivity index (χ4n) is 2.29. The number of pyridine rings is 1. The first-order chi connectivity index (χ1) is 11.9. The number of anilines is 1. The molecule has 1 amide bonds. The van der Waals surface area contributed by atoms with Crippen LogP contribution in [0.3, 0.4) is 0 Å². The van der Waals surface area contributed by atoms with Gasteiger partial charge in [0.15, 0.2) is 5.11 Å². The second-order valence-corrected chi connectivity index (χ2v) is 5.71. The molecule has 0 aliphatic carbocycles. The lowest BCUT2D eigenvalue weighted by molar-refractivity contribution is 0.0526. The smallest absolute Gasteiger partial charge is 0.342 e. The van der Waals surface area contributed by atoms with Gasteiger partial charge in [0.1, 0.15) is 11.4 Å². The Hall–Kier alpha value is -2.80. The standard InChI is InChI=1S/C18H19N3O3S/c1-4-24-17(23)14-11(2)10-12(3)19-15(14)20-18(25)21-16(22)13-8-6-5-7-9-13/h5-10H,4H2,1-3H3,(H2,19,20,21,22,25). The van der Waals surface area contributed by atoms with E-state index in [1.807, 2.05) is 6.07 Å². The Bertz CT molecular complexity index is 807. The molecule has 0 saturated carbocycles. The molecule has 0 bridgehead atoms. The van der Waals surface area contributed by atoms with E-state index in [2.05, 4.69) is 15.6 Å². The number of carbonyl (C=O) groups is 2. The molecule has 2 rings (SSSR count). The van der Waals surface area contributed by atoms with Crippen molar-refractivity contribution in [1.82, 2.24) is 10.3 Å². The number of nitrogens with one attached hydrogen (secondary N) is 2. The number of esters is 1. The van der Waals surface area contributed by atoms with Crippen LogP contribution in [0.4, 0.5) is 5.82 Å². The third-order valence-corrected chi connectivity index (χ3v) is 3.52. The van der Waals surface area contributed by atoms with Crippen molar-refractivity contribution in [3.8, 4) is 0 Å². The Morgan fingerprint density at radius 1 is 1.20 bits per heavy atom. The third-order valence-electron chi connectivity index (χ3n) is 3.32. The molecule has 0 saturated heterocycles. The van der Waals surface area contributed by atoms with Crippen molar-refractivity contribution in [1.29, 1.82) is 0 Å². The molecule has 0 atom stereocenters. The summed E-state index contributed by atoms with van der Waals surface area (Å²) in [5.41, 5.74) is 2.20. The van der Waals surface area contributed by atoms with Crippen LogP contribution in [0.25, 0.3) is 0 Å². The summed E-state index contributed by atoms with van der Waals surface area (Å²) in [6, 6.07) is 10.5. The molecule has 0 aliphatic rings. The maximum atomic E-state index is 12.2. The van der Waals surface area contributed by atoms with Crippen LogP contribution >= 0.6 is 12.2 Å². The molecule has 2 N–H and O–H groups in total. The average Bonchev–Trinajstić information content (AvgIpc) is 2.55. The molecule has 1 aromatic carbocycles. The second-order valence-electron chi connectivity index (χ2n) is 5.30. The first-order valence-electron chi connectivity index (χ1n) is 7.75. The number of benzene rings is 1. The van der Waals surface area contributed by atoms with Gasteiger partial charge in [-0.25, -0.2) is 9.78 Å². The van der Waals surface area contributed by atoms with Gasteiger partial charge in [0.05, 0.1) is 6.61 Å². The van der Waals surface area contributed by atoms with Gasteiger partial charge >= 0.3 is 5.97 Å². The summed E-state index contributed by atoms with van der Waals surface area (Å²) in [4.78, 5) is 28.6. The maximum absolute atomic E-state index is 12.2. The van der Waals surface area contributed by atoms with Gasteiger partial charge in [0.2, 0.25) is 0 Å². The fraction of sp³-hybridized carbons (Fsp3) is 0.222. The number of hydrogen-bond acceptors (Lipinski definition) is 5. The summed E-state index contributed by atoms with van der Waals surface area (Å²) in [5.74, 6) is -0.582. The molecule has 0 spiro atoms. The van der Waals surface area contributed by atoms with Gasteiger partial charge in [-0.15, -0.1) is 0 Å². The largest absolute Gasteiger partial charge is 0.462 e. The Morgan fingerprint density at radius 2 is 1.88 bits per heavy atom. The van der Waals surface area contributed by atoms with Crippen molar-refractivity contribution in [3.63, 3.8) is 0 Å². The molecule has 7 heteroatoms. The maximum Gasteiger partial charge on any atom is 0.342 e. The summed E-state index contributed by atoms with van der Waals surface area (Å²) in [7, 11) is 0. The lowest BCUT2D eigenvalue weighted by Crippen LogP contribution is -2.35. The van der Waals surface area contributed by atoms with Gasteiger partial charge in [-0.2, -0.15) is 0 Å². The first kappa shape index (κ1) is 18.5. The quantitative estimate of drug-likeness (QED) is 0.647. The summed E-state index contributed by atoms with van der Waals surface area (Å²) in [5, 5.41) is 5.44. The van der Waals surface area contributed by atoms with E-state index in [1.165, 1.54) is 0 Å². The van der Waals surface area contributed by atoms with Crippen molar-refractivity contribution in [2.75, 3.05) is 11.9 Å². The van der Waals surface area contributed by atoms with E-state index in [9.17, 15) is 9.59 Å². The number of aromatic nitrogens is 1. The molecule has 130 valence electrons. The van der Waals surface area contributed by atoms with Crippen molar-refractivity contribution < 1.29 is 14.3 Å². The minimum absolute atomic E-state index is 0.0527. The van der Waals surface area contributed by atoms with Gasteiger partial charge in [-0.3, -0.25) is 10.1 Å². The van der Waals surface area contributed by atoms with Crippen molar-refractivity contribution in [2.45, 2.75) is 20.8 Å². The van der Waals surface area contributed by atoms with E-state index >= 15 is 0 Å². The van der Waals surface area contributed by atoms with Crippen LogP contribution in [0.2, 0.25) is 0 Å². The van der Waals surface area contributed by atoms with E-state index in [0.29, 0.717) is 22.4 Å². The van der Waals surface area contributed by atoms with Crippen molar-refractivity contribution in [3.05, 3.63) is 58.8 Å². The van der Waals surface area contributed by atoms with Crippen LogP contribution in [0.1, 0.15) is 38.9 Å². The number of amides is 1. The molecule has 6 nitrogen and oxygen atoms in total. The highest BCUT2D eigenvalue weighted by molar-refractivity contribution is 7.80. The lowest BCUT2D eigenvalue weighted by atomic mass is 10.1. The van der Waals surface area contributed by atoms with Crippen molar-refractivity contribution >= 4 is 35.0 Å². The minimum Gasteiger partial charge on any atom is -0.462 e. The number of thiocarbonyl (C=S) groups is 1. The number of nitrogens with zero attached hydrogens (tertiary/aromatic N) is 1. The van der Waals surface area contributed by atoms with Gasteiger partial charge in [0.25, 0.3) is 5.91 Å². The molecule has 0 fully saturated rings. The minimum atomic E-state index is -0.493. The van der Waals surface area contributed by atoms with E-state index in [1.54, 1.807) is 51.1 Å². The molecule has 2 aromatic rings. The van der Waals surface area contributed by atoms with Gasteiger partial charge < -0.3 is 10.1 Å². The first-order valence-corrected chi connectivity index (χ1v) is 8.16. The molecule has 0 aliphatic heterocycles. The van der Waals surface area contributed by atoms with E-state index < -0.39 is 5.97 Å². The van der Waals surface area contributed by atoms with Crippen LogP contribution < -0.4 is 10.6 Å². The fourth-order valence-corrected chi connectivity index (χ4v) is 2.48. The van der Waals surface area contributed by atoms with Crippen LogP contribution in [-0.2, 0) is 4.74 Å². The predicted octanol–water partition coefficient (Wildman–Crippen LogP) is 3.00. The molecular formula is C18H19N3O3S. The molecule has 0 radical (unpaired) electrons. The van der Waals surface area contributed by atoms with E-state index in [-0.39, 0.29) is 23.4 Å². The lowest BCUT2D eigenvalue weighted by Gasteiger charge is -2.14. The van der Waals surface area contributed by atoms with Crippen LogP contribution in [-0.4, -0.2) is 28.6 Å². The normalized spacial score (nSPS) is 10.0. The van der Waals surface area contributed by atoms with Gasteiger partial charge in [-0.1, -0.05) is 18.2 Å². The topological polar surface area (TPSA) is 80.3 Å². The zero-order valence-corrected chi connectivity index (χ0v) is 15.1. The highest BCUT2D eigenvalue weighted by Gasteiger charge is 2.19. The Labute approximate surface area is 151 Å². The molecule has 1 aromatic heterocycles. The SMILES string of the molecule is CCOC(=O)c1c(C)cc(C)nc1NC(=S)NC(=O)c1ccccc1. The van der Waals surface area contributed by atoms with Crippen molar-refractivity contribution in [2.24, 2.45) is 0 Å². The molecular weight excluding hydrogens is 338 g/mol. The highest BCUT2D eigenvalue weighted by atomic mass is 32.1. The zero-order valence-electron chi connectivity index (χ0n) is 14.3. The predicted molar refractivity (Wildman–Crippen MR) is 99.8 cm³/mol. The number of aryl methyl sites for hydroxylation is 2.